The summed E-state index contributed by atoms with van der Waals surface area (Å²) in [4.78, 5) is -0.579. The predicted octanol–water partition coefficient (Wildman–Crippen LogP) is 3.72. The van der Waals surface area contributed by atoms with Crippen molar-refractivity contribution in [2.75, 3.05) is 17.8 Å². The molecule has 0 aliphatic heterocycles. The maximum atomic E-state index is 12.7. The summed E-state index contributed by atoms with van der Waals surface area (Å²) in [6.07, 6.45) is -4.97. The molecule has 0 heterocycles. The molecule has 7 nitrogen and oxygen atoms in total. The van der Waals surface area contributed by atoms with Gasteiger partial charge in [0.2, 0.25) is 10.0 Å². The molecule has 12 heteroatoms. The highest BCUT2D eigenvalue weighted by Gasteiger charge is 2.31. The van der Waals surface area contributed by atoms with Crippen molar-refractivity contribution in [3.63, 3.8) is 0 Å². The number of halogens is 3. The SMILES string of the molecule is CCN(CC)S(=O)(=O)c1ccc(C)c(NS(=O)(=O)c2cccc(OC(F)(F)F)c2)c1. The second kappa shape index (κ2) is 8.82. The second-order valence-corrected chi connectivity index (χ2v) is 9.81. The lowest BCUT2D eigenvalue weighted by molar-refractivity contribution is -0.274. The average molecular weight is 467 g/mol. The van der Waals surface area contributed by atoms with Gasteiger partial charge in [-0.2, -0.15) is 4.31 Å². The Labute approximate surface area is 173 Å². The zero-order valence-electron chi connectivity index (χ0n) is 16.4. The Hall–Kier alpha value is -2.31. The normalized spacial score (nSPS) is 12.8. The van der Waals surface area contributed by atoms with Gasteiger partial charge in [0.1, 0.15) is 5.75 Å². The van der Waals surface area contributed by atoms with Crippen molar-refractivity contribution >= 4 is 25.7 Å². The smallest absolute Gasteiger partial charge is 0.406 e. The van der Waals surface area contributed by atoms with Crippen molar-refractivity contribution in [1.82, 2.24) is 4.31 Å². The molecule has 30 heavy (non-hydrogen) atoms. The van der Waals surface area contributed by atoms with E-state index in [0.717, 1.165) is 24.3 Å². The molecule has 0 aliphatic rings. The maximum absolute atomic E-state index is 12.7. The van der Waals surface area contributed by atoms with Gasteiger partial charge in [-0.05, 0) is 36.8 Å². The van der Waals surface area contributed by atoms with Crippen molar-refractivity contribution in [3.8, 4) is 5.75 Å². The Morgan fingerprint density at radius 1 is 0.967 bits per heavy atom. The third-order valence-corrected chi connectivity index (χ3v) is 7.55. The van der Waals surface area contributed by atoms with E-state index in [9.17, 15) is 30.0 Å². The Kier molecular flexibility index (Phi) is 7.05. The Balaban J connectivity index is 2.41. The lowest BCUT2D eigenvalue weighted by Gasteiger charge is -2.19. The van der Waals surface area contributed by atoms with Crippen molar-refractivity contribution in [3.05, 3.63) is 48.0 Å². The second-order valence-electron chi connectivity index (χ2n) is 6.19. The quantitative estimate of drug-likeness (QED) is 0.640. The first-order chi connectivity index (χ1) is 13.8. The summed E-state index contributed by atoms with van der Waals surface area (Å²) < 4.78 is 95.1. The first kappa shape index (κ1) is 24.0. The van der Waals surface area contributed by atoms with Gasteiger partial charge < -0.3 is 4.74 Å². The fourth-order valence-electron chi connectivity index (χ4n) is 2.63. The number of nitrogens with one attached hydrogen (secondary N) is 1. The molecule has 0 saturated heterocycles. The van der Waals surface area contributed by atoms with E-state index in [1.54, 1.807) is 20.8 Å². The summed E-state index contributed by atoms with van der Waals surface area (Å²) in [5.41, 5.74) is 0.421. The summed E-state index contributed by atoms with van der Waals surface area (Å²) in [6.45, 7) is 5.39. The molecule has 0 bridgehead atoms. The van der Waals surface area contributed by atoms with Gasteiger partial charge in [0, 0.05) is 19.2 Å². The lowest BCUT2D eigenvalue weighted by atomic mass is 10.2. The number of aryl methyl sites for hydroxylation is 1. The molecule has 0 aromatic heterocycles. The van der Waals surface area contributed by atoms with Gasteiger partial charge >= 0.3 is 6.36 Å². The van der Waals surface area contributed by atoms with Crippen molar-refractivity contribution in [2.24, 2.45) is 0 Å². The van der Waals surface area contributed by atoms with Crippen molar-refractivity contribution < 1.29 is 34.7 Å². The van der Waals surface area contributed by atoms with Crippen molar-refractivity contribution in [2.45, 2.75) is 36.9 Å². The Morgan fingerprint density at radius 2 is 1.60 bits per heavy atom. The number of sulfonamides is 2. The standard InChI is InChI=1S/C18H21F3N2O5S2/c1-4-23(5-2)30(26,27)16-10-9-13(3)17(12-16)22-29(24,25)15-8-6-7-14(11-15)28-18(19,20)21/h6-12,22H,4-5H2,1-3H3. The van der Waals surface area contributed by atoms with Gasteiger partial charge in [-0.3, -0.25) is 4.72 Å². The van der Waals surface area contributed by atoms with Crippen LogP contribution in [-0.4, -0.2) is 40.6 Å². The van der Waals surface area contributed by atoms with Crippen LogP contribution in [0.3, 0.4) is 0 Å². The van der Waals surface area contributed by atoms with E-state index in [1.165, 1.54) is 22.5 Å². The summed E-state index contributed by atoms with van der Waals surface area (Å²) >= 11 is 0. The van der Waals surface area contributed by atoms with Gasteiger partial charge in [0.05, 0.1) is 15.5 Å². The van der Waals surface area contributed by atoms with Crippen LogP contribution >= 0.6 is 0 Å². The number of ether oxygens (including phenoxy) is 1. The number of nitrogens with zero attached hydrogens (tertiary/aromatic N) is 1. The molecule has 1 N–H and O–H groups in total. The molecule has 0 unspecified atom stereocenters. The fourth-order valence-corrected chi connectivity index (χ4v) is 5.27. The van der Waals surface area contributed by atoms with Gasteiger partial charge in [0.15, 0.2) is 0 Å². The van der Waals surface area contributed by atoms with Crippen molar-refractivity contribution in [1.29, 1.82) is 0 Å². The van der Waals surface area contributed by atoms with E-state index in [4.69, 9.17) is 0 Å². The average Bonchev–Trinajstić information content (AvgIpc) is 2.63. The van der Waals surface area contributed by atoms with E-state index in [1.807, 2.05) is 0 Å². The van der Waals surface area contributed by atoms with Crippen LogP contribution in [0.4, 0.5) is 18.9 Å². The summed E-state index contributed by atoms with van der Waals surface area (Å²) in [6, 6.07) is 7.87. The van der Waals surface area contributed by atoms with Crippen LogP contribution in [-0.2, 0) is 20.0 Å². The fraction of sp³-hybridized carbons (Fsp3) is 0.333. The minimum Gasteiger partial charge on any atom is -0.406 e. The highest BCUT2D eigenvalue weighted by Crippen LogP contribution is 2.28. The van der Waals surface area contributed by atoms with E-state index in [-0.39, 0.29) is 23.7 Å². The van der Waals surface area contributed by atoms with Gasteiger partial charge in [-0.25, -0.2) is 16.8 Å². The molecule has 2 aromatic carbocycles. The molecule has 166 valence electrons. The summed E-state index contributed by atoms with van der Waals surface area (Å²) in [7, 11) is -8.15. The molecule has 0 radical (unpaired) electrons. The first-order valence-corrected chi connectivity index (χ1v) is 11.7. The zero-order valence-corrected chi connectivity index (χ0v) is 18.0. The number of rotatable bonds is 8. The highest BCUT2D eigenvalue weighted by atomic mass is 32.2. The molecule has 0 fully saturated rings. The molecule has 2 rings (SSSR count). The minimum atomic E-state index is -4.97. The van der Waals surface area contributed by atoms with Crippen LogP contribution in [0.5, 0.6) is 5.75 Å². The summed E-state index contributed by atoms with van der Waals surface area (Å²) in [5, 5.41) is 0. The van der Waals surface area contributed by atoms with Crippen LogP contribution in [0, 0.1) is 6.92 Å². The van der Waals surface area contributed by atoms with Gasteiger partial charge in [0.25, 0.3) is 10.0 Å². The van der Waals surface area contributed by atoms with E-state index < -0.39 is 37.1 Å². The molecule has 2 aromatic rings. The number of anilines is 1. The molecular formula is C18H21F3N2O5S2. The molecular weight excluding hydrogens is 445 g/mol. The van der Waals surface area contributed by atoms with Gasteiger partial charge in [-0.1, -0.05) is 26.0 Å². The molecule has 0 saturated carbocycles. The number of hydrogen-bond donors (Lipinski definition) is 1. The maximum Gasteiger partial charge on any atom is 0.573 e. The minimum absolute atomic E-state index is 0.00891. The highest BCUT2D eigenvalue weighted by molar-refractivity contribution is 7.92. The number of alkyl halides is 3. The van der Waals surface area contributed by atoms with Crippen LogP contribution < -0.4 is 9.46 Å². The third-order valence-electron chi connectivity index (χ3n) is 4.15. The Morgan fingerprint density at radius 3 is 2.17 bits per heavy atom. The predicted molar refractivity (Wildman–Crippen MR) is 105 cm³/mol. The summed E-state index contributed by atoms with van der Waals surface area (Å²) in [5.74, 6) is -0.694. The zero-order chi connectivity index (χ0) is 22.7. The van der Waals surface area contributed by atoms with Crippen LogP contribution in [0.25, 0.3) is 0 Å². The van der Waals surface area contributed by atoms with Crippen LogP contribution in [0.15, 0.2) is 52.3 Å². The van der Waals surface area contributed by atoms with Gasteiger partial charge in [-0.15, -0.1) is 13.2 Å². The largest absolute Gasteiger partial charge is 0.573 e. The monoisotopic (exact) mass is 466 g/mol. The third kappa shape index (κ3) is 5.64. The topological polar surface area (TPSA) is 92.8 Å². The molecule has 0 spiro atoms. The number of benzene rings is 2. The Bertz CT molecular complexity index is 1110. The van der Waals surface area contributed by atoms with Crippen LogP contribution in [0.1, 0.15) is 19.4 Å². The molecule has 0 atom stereocenters. The number of hydrogen-bond acceptors (Lipinski definition) is 5. The van der Waals surface area contributed by atoms with E-state index in [0.29, 0.717) is 5.56 Å². The van der Waals surface area contributed by atoms with E-state index >= 15 is 0 Å². The molecule has 0 amide bonds. The first-order valence-electron chi connectivity index (χ1n) is 8.79. The lowest BCUT2D eigenvalue weighted by Crippen LogP contribution is -2.30. The molecule has 0 aliphatic carbocycles. The van der Waals surface area contributed by atoms with E-state index in [2.05, 4.69) is 9.46 Å². The van der Waals surface area contributed by atoms with Crippen LogP contribution in [0.2, 0.25) is 0 Å².